The van der Waals surface area contributed by atoms with Gasteiger partial charge in [0.2, 0.25) is 5.91 Å². The van der Waals surface area contributed by atoms with Crippen molar-refractivity contribution in [2.45, 2.75) is 12.5 Å². The Kier molecular flexibility index (Phi) is 2.91. The molecule has 8 heteroatoms. The zero-order chi connectivity index (χ0) is 14.6. The van der Waals surface area contributed by atoms with Crippen molar-refractivity contribution in [3.05, 3.63) is 27.7 Å². The van der Waals surface area contributed by atoms with Crippen LogP contribution in [0.15, 0.2) is 12.1 Å². The molecule has 0 spiro atoms. The van der Waals surface area contributed by atoms with Gasteiger partial charge >= 0.3 is 0 Å². The number of rotatable bonds is 1. The molecular formula is C12H9ClFN3O2S. The molecule has 104 valence electrons. The van der Waals surface area contributed by atoms with Crippen LogP contribution in [0.2, 0.25) is 5.02 Å². The van der Waals surface area contributed by atoms with Gasteiger partial charge in [0.05, 0.1) is 22.5 Å². The van der Waals surface area contributed by atoms with Gasteiger partial charge in [-0.05, 0) is 18.3 Å². The number of hydrogen-bond acceptors (Lipinski definition) is 3. The van der Waals surface area contributed by atoms with Gasteiger partial charge in [-0.15, -0.1) is 0 Å². The number of nitrogens with zero attached hydrogens (tertiary/aromatic N) is 2. The van der Waals surface area contributed by atoms with E-state index < -0.39 is 11.9 Å². The van der Waals surface area contributed by atoms with Gasteiger partial charge in [0, 0.05) is 13.1 Å². The van der Waals surface area contributed by atoms with Crippen LogP contribution in [0.25, 0.3) is 11.0 Å². The van der Waals surface area contributed by atoms with Crippen LogP contribution in [0, 0.1) is 10.6 Å². The van der Waals surface area contributed by atoms with Crippen LogP contribution in [-0.2, 0) is 9.59 Å². The minimum atomic E-state index is -0.713. The monoisotopic (exact) mass is 313 g/mol. The van der Waals surface area contributed by atoms with E-state index >= 15 is 0 Å². The fourth-order valence-electron chi connectivity index (χ4n) is 2.37. The summed E-state index contributed by atoms with van der Waals surface area (Å²) < 4.78 is 15.2. The number of H-pyrrole nitrogens is 1. The molecule has 1 aromatic heterocycles. The van der Waals surface area contributed by atoms with E-state index in [2.05, 4.69) is 4.98 Å². The Hall–Kier alpha value is -1.73. The molecule has 1 aliphatic rings. The number of fused-ring (bicyclic) bond motifs is 1. The van der Waals surface area contributed by atoms with E-state index in [9.17, 15) is 14.0 Å². The highest BCUT2D eigenvalue weighted by atomic mass is 35.5. The summed E-state index contributed by atoms with van der Waals surface area (Å²) in [5.74, 6) is -1.19. The summed E-state index contributed by atoms with van der Waals surface area (Å²) in [6, 6.07) is 1.90. The van der Waals surface area contributed by atoms with E-state index in [4.69, 9.17) is 23.8 Å². The van der Waals surface area contributed by atoms with Crippen LogP contribution in [0.3, 0.4) is 0 Å². The number of imide groups is 1. The number of aromatic amines is 1. The number of nitrogens with one attached hydrogen (secondary N) is 1. The summed E-state index contributed by atoms with van der Waals surface area (Å²) in [6.45, 7) is 0. The number of halogens is 2. The molecule has 5 nitrogen and oxygen atoms in total. The number of likely N-dealkylation sites (tertiary alicyclic amines) is 1. The Balaban J connectivity index is 2.24. The summed E-state index contributed by atoms with van der Waals surface area (Å²) in [4.78, 5) is 27.6. The lowest BCUT2D eigenvalue weighted by atomic mass is 10.2. The van der Waals surface area contributed by atoms with Crippen molar-refractivity contribution in [3.63, 3.8) is 0 Å². The molecule has 20 heavy (non-hydrogen) atoms. The van der Waals surface area contributed by atoms with Gasteiger partial charge < -0.3 is 9.55 Å². The predicted octanol–water partition coefficient (Wildman–Crippen LogP) is 2.42. The molecule has 3 rings (SSSR count). The molecule has 1 unspecified atom stereocenters. The zero-order valence-corrected chi connectivity index (χ0v) is 11.9. The molecule has 2 aromatic rings. The van der Waals surface area contributed by atoms with Gasteiger partial charge in [-0.1, -0.05) is 11.6 Å². The van der Waals surface area contributed by atoms with Crippen LogP contribution < -0.4 is 0 Å². The van der Waals surface area contributed by atoms with E-state index in [1.807, 2.05) is 0 Å². The highest BCUT2D eigenvalue weighted by Crippen LogP contribution is 2.30. The maximum atomic E-state index is 13.4. The first-order valence-corrected chi connectivity index (χ1v) is 6.58. The molecule has 2 heterocycles. The van der Waals surface area contributed by atoms with Crippen LogP contribution in [0.1, 0.15) is 12.5 Å². The first-order chi connectivity index (χ1) is 9.40. The van der Waals surface area contributed by atoms with E-state index in [-0.39, 0.29) is 28.0 Å². The standard InChI is InChI=1S/C12H9ClFN3O2S/c1-16-10(18)4-9(11(16)19)17-8-2-5(13)6(14)3-7(8)15-12(17)20/h2-3,9H,4H2,1H3,(H,15,20). The second kappa shape index (κ2) is 4.39. The summed E-state index contributed by atoms with van der Waals surface area (Å²) in [7, 11) is 1.43. The van der Waals surface area contributed by atoms with Crippen molar-refractivity contribution < 1.29 is 14.0 Å². The molecule has 1 N–H and O–H groups in total. The Labute approximate surface area is 122 Å². The SMILES string of the molecule is CN1C(=O)CC(n2c(=S)[nH]c3cc(F)c(Cl)cc32)C1=O. The molecule has 1 aromatic carbocycles. The number of benzene rings is 1. The first kappa shape index (κ1) is 13.3. The van der Waals surface area contributed by atoms with Gasteiger partial charge in [-0.2, -0.15) is 0 Å². The Morgan fingerprint density at radius 1 is 1.45 bits per heavy atom. The third kappa shape index (κ3) is 1.77. The van der Waals surface area contributed by atoms with Crippen LogP contribution in [-0.4, -0.2) is 33.3 Å². The number of carbonyl (C=O) groups excluding carboxylic acids is 2. The normalized spacial score (nSPS) is 19.4. The van der Waals surface area contributed by atoms with Crippen LogP contribution in [0.4, 0.5) is 4.39 Å². The summed E-state index contributed by atoms with van der Waals surface area (Å²) in [5, 5.41) is -0.0645. The molecule has 0 bridgehead atoms. The van der Waals surface area contributed by atoms with Gasteiger partial charge in [-0.25, -0.2) is 4.39 Å². The third-order valence-electron chi connectivity index (χ3n) is 3.43. The molecule has 1 saturated heterocycles. The molecular weight excluding hydrogens is 305 g/mol. The number of amides is 2. The van der Waals surface area contributed by atoms with Crippen molar-refractivity contribution in [3.8, 4) is 0 Å². The van der Waals surface area contributed by atoms with Crippen LogP contribution in [0.5, 0.6) is 0 Å². The molecule has 1 fully saturated rings. The third-order valence-corrected chi connectivity index (χ3v) is 4.02. The minimum Gasteiger partial charge on any atom is -0.330 e. The van der Waals surface area contributed by atoms with Crippen molar-refractivity contribution in [2.24, 2.45) is 0 Å². The minimum absolute atomic E-state index is 0.0333. The second-order valence-electron chi connectivity index (χ2n) is 4.59. The fraction of sp³-hybridized carbons (Fsp3) is 0.250. The van der Waals surface area contributed by atoms with E-state index in [1.54, 1.807) is 0 Å². The van der Waals surface area contributed by atoms with Crippen molar-refractivity contribution in [1.82, 2.24) is 14.5 Å². The molecule has 1 atom stereocenters. The largest absolute Gasteiger partial charge is 0.330 e. The Morgan fingerprint density at radius 3 is 2.75 bits per heavy atom. The average molecular weight is 314 g/mol. The number of imidazole rings is 1. The molecule has 0 saturated carbocycles. The number of aromatic nitrogens is 2. The Morgan fingerprint density at radius 2 is 2.15 bits per heavy atom. The quantitative estimate of drug-likeness (QED) is 0.650. The molecule has 2 amide bonds. The zero-order valence-electron chi connectivity index (χ0n) is 10.3. The first-order valence-electron chi connectivity index (χ1n) is 5.80. The van der Waals surface area contributed by atoms with E-state index in [0.29, 0.717) is 11.0 Å². The highest BCUT2D eigenvalue weighted by Gasteiger charge is 2.38. The Bertz CT molecular complexity index is 813. The van der Waals surface area contributed by atoms with Crippen molar-refractivity contribution in [2.75, 3.05) is 7.05 Å². The van der Waals surface area contributed by atoms with E-state index in [0.717, 1.165) is 4.90 Å². The molecule has 0 aliphatic carbocycles. The van der Waals surface area contributed by atoms with Crippen molar-refractivity contribution >= 4 is 46.7 Å². The number of carbonyl (C=O) groups is 2. The lowest BCUT2D eigenvalue weighted by Crippen LogP contribution is -2.26. The maximum absolute atomic E-state index is 13.4. The van der Waals surface area contributed by atoms with Gasteiger partial charge in [0.25, 0.3) is 5.91 Å². The smallest absolute Gasteiger partial charge is 0.252 e. The average Bonchev–Trinajstić information content (AvgIpc) is 2.81. The fourth-order valence-corrected chi connectivity index (χ4v) is 2.86. The second-order valence-corrected chi connectivity index (χ2v) is 5.39. The summed E-state index contributed by atoms with van der Waals surface area (Å²) in [5.41, 5.74) is 0.939. The highest BCUT2D eigenvalue weighted by molar-refractivity contribution is 7.71. The summed E-state index contributed by atoms with van der Waals surface area (Å²) in [6.07, 6.45) is 0.0333. The number of likely N-dealkylation sites (N-methyl/N-ethyl adjacent to an activating group) is 1. The lowest BCUT2D eigenvalue weighted by Gasteiger charge is -2.11. The number of hydrogen-bond donors (Lipinski definition) is 1. The molecule has 1 aliphatic heterocycles. The van der Waals surface area contributed by atoms with Gasteiger partial charge in [0.15, 0.2) is 4.77 Å². The summed E-state index contributed by atoms with van der Waals surface area (Å²) >= 11 is 10.9. The van der Waals surface area contributed by atoms with Gasteiger partial charge in [0.1, 0.15) is 11.9 Å². The maximum Gasteiger partial charge on any atom is 0.252 e. The lowest BCUT2D eigenvalue weighted by molar-refractivity contribution is -0.137. The van der Waals surface area contributed by atoms with Crippen molar-refractivity contribution in [1.29, 1.82) is 0 Å². The van der Waals surface area contributed by atoms with E-state index in [1.165, 1.54) is 23.7 Å². The topological polar surface area (TPSA) is 58.1 Å². The van der Waals surface area contributed by atoms with Crippen LogP contribution >= 0.6 is 23.8 Å². The molecule has 0 radical (unpaired) electrons. The predicted molar refractivity (Wildman–Crippen MR) is 73.5 cm³/mol. The van der Waals surface area contributed by atoms with Gasteiger partial charge in [-0.3, -0.25) is 14.5 Å².